The van der Waals surface area contributed by atoms with Crippen LogP contribution in [0.1, 0.15) is 0 Å². The van der Waals surface area contributed by atoms with E-state index in [9.17, 15) is 10.1 Å². The molecule has 5 aromatic carbocycles. The molecule has 0 aliphatic heterocycles. The van der Waals surface area contributed by atoms with Crippen LogP contribution in [0.3, 0.4) is 0 Å². The maximum Gasteiger partial charge on any atom is 0.277 e. The predicted molar refractivity (Wildman–Crippen MR) is 101 cm³/mol. The summed E-state index contributed by atoms with van der Waals surface area (Å²) in [5.41, 5.74) is 4.94. The third-order valence-corrected chi connectivity index (χ3v) is 5.43. The second-order valence-electron chi connectivity index (χ2n) is 6.61. The molecule has 0 atom stereocenters. The first-order valence-electron chi connectivity index (χ1n) is 8.23. The van der Waals surface area contributed by atoms with Crippen molar-refractivity contribution in [2.75, 3.05) is 0 Å². The number of nitro groups is 1. The molecule has 0 fully saturated rings. The summed E-state index contributed by atoms with van der Waals surface area (Å²) in [7, 11) is 0. The van der Waals surface area contributed by atoms with Gasteiger partial charge in [0.25, 0.3) is 5.69 Å². The first-order valence-corrected chi connectivity index (χ1v) is 8.23. The molecule has 0 N–H and O–H groups in total. The van der Waals surface area contributed by atoms with Crippen molar-refractivity contribution >= 4 is 38.0 Å². The van der Waals surface area contributed by atoms with E-state index in [4.69, 9.17) is 0 Å². The van der Waals surface area contributed by atoms with Crippen molar-refractivity contribution in [2.45, 2.75) is 0 Å². The van der Waals surface area contributed by atoms with E-state index in [1.807, 2.05) is 36.4 Å². The zero-order valence-corrected chi connectivity index (χ0v) is 13.1. The minimum absolute atomic E-state index is 0.180. The lowest BCUT2D eigenvalue weighted by Gasteiger charge is -2.13. The van der Waals surface area contributed by atoms with Crippen LogP contribution in [0.15, 0.2) is 66.7 Å². The molecule has 6 rings (SSSR count). The molecule has 1 aliphatic carbocycles. The lowest BCUT2D eigenvalue weighted by Crippen LogP contribution is -1.93. The van der Waals surface area contributed by atoms with Crippen LogP contribution in [0.5, 0.6) is 0 Å². The molecule has 0 amide bonds. The number of benzene rings is 5. The average Bonchev–Trinajstić information content (AvgIpc) is 2.96. The quantitative estimate of drug-likeness (QED) is 0.207. The van der Waals surface area contributed by atoms with Crippen LogP contribution in [0.25, 0.3) is 54.6 Å². The van der Waals surface area contributed by atoms with Gasteiger partial charge in [0.15, 0.2) is 0 Å². The van der Waals surface area contributed by atoms with Gasteiger partial charge in [-0.1, -0.05) is 48.5 Å². The fourth-order valence-corrected chi connectivity index (χ4v) is 4.47. The van der Waals surface area contributed by atoms with Gasteiger partial charge in [0.1, 0.15) is 0 Å². The van der Waals surface area contributed by atoms with Gasteiger partial charge in [0.2, 0.25) is 0 Å². The summed E-state index contributed by atoms with van der Waals surface area (Å²) in [5.74, 6) is 0. The van der Waals surface area contributed by atoms with E-state index in [1.54, 1.807) is 6.07 Å². The Morgan fingerprint density at radius 1 is 0.640 bits per heavy atom. The molecule has 0 unspecified atom stereocenters. The smallest absolute Gasteiger partial charge is 0.258 e. The Kier molecular flexibility index (Phi) is 2.13. The summed E-state index contributed by atoms with van der Waals surface area (Å²) in [5, 5.41) is 17.7. The molecule has 0 bridgehead atoms. The number of nitrogens with zero attached hydrogens (tertiary/aromatic N) is 1. The molecule has 0 radical (unpaired) electrons. The Morgan fingerprint density at radius 3 is 2.12 bits per heavy atom. The molecule has 0 saturated carbocycles. The number of rotatable bonds is 1. The zero-order chi connectivity index (χ0) is 16.7. The Balaban J connectivity index is 1.99. The lowest BCUT2D eigenvalue weighted by atomic mass is 9.90. The van der Waals surface area contributed by atoms with Gasteiger partial charge >= 0.3 is 0 Å². The molecule has 0 saturated heterocycles. The molecule has 25 heavy (non-hydrogen) atoms. The van der Waals surface area contributed by atoms with Gasteiger partial charge < -0.3 is 0 Å². The van der Waals surface area contributed by atoms with Crippen molar-refractivity contribution in [3.63, 3.8) is 0 Å². The summed E-state index contributed by atoms with van der Waals surface area (Å²) < 4.78 is 0. The second kappa shape index (κ2) is 4.14. The van der Waals surface area contributed by atoms with Gasteiger partial charge in [0.05, 0.1) is 10.3 Å². The van der Waals surface area contributed by atoms with E-state index < -0.39 is 0 Å². The van der Waals surface area contributed by atoms with Crippen LogP contribution in [-0.2, 0) is 0 Å². The minimum atomic E-state index is -0.270. The monoisotopic (exact) mass is 321 g/mol. The Hall–Kier alpha value is -3.46. The molecular weight excluding hydrogens is 310 g/mol. The second-order valence-corrected chi connectivity index (χ2v) is 6.61. The van der Waals surface area contributed by atoms with Gasteiger partial charge in [0, 0.05) is 11.5 Å². The molecule has 5 aromatic rings. The van der Waals surface area contributed by atoms with E-state index in [1.165, 1.54) is 22.3 Å². The van der Waals surface area contributed by atoms with E-state index >= 15 is 0 Å². The molecule has 0 aromatic heterocycles. The third-order valence-electron chi connectivity index (χ3n) is 5.43. The van der Waals surface area contributed by atoms with Crippen LogP contribution in [0.4, 0.5) is 5.69 Å². The fraction of sp³-hybridized carbons (Fsp3) is 0. The Labute approximate surface area is 142 Å². The molecular formula is C22H11NO2. The number of hydrogen-bond acceptors (Lipinski definition) is 2. The fourth-order valence-electron chi connectivity index (χ4n) is 4.47. The van der Waals surface area contributed by atoms with Crippen LogP contribution < -0.4 is 0 Å². The highest BCUT2D eigenvalue weighted by molar-refractivity contribution is 6.33. The van der Waals surface area contributed by atoms with Gasteiger partial charge in [-0.25, -0.2) is 0 Å². The number of hydrogen-bond donors (Lipinski definition) is 0. The van der Waals surface area contributed by atoms with Gasteiger partial charge in [-0.2, -0.15) is 0 Å². The van der Waals surface area contributed by atoms with Crippen molar-refractivity contribution < 1.29 is 4.92 Å². The molecule has 0 heterocycles. The highest BCUT2D eigenvalue weighted by Gasteiger charge is 2.27. The lowest BCUT2D eigenvalue weighted by molar-refractivity contribution is -0.382. The first kappa shape index (κ1) is 12.9. The van der Waals surface area contributed by atoms with E-state index in [2.05, 4.69) is 24.3 Å². The highest BCUT2D eigenvalue weighted by atomic mass is 16.6. The van der Waals surface area contributed by atoms with Crippen molar-refractivity contribution in [3.8, 4) is 22.3 Å². The molecule has 3 nitrogen and oxygen atoms in total. The molecule has 3 heteroatoms. The van der Waals surface area contributed by atoms with Crippen LogP contribution in [-0.4, -0.2) is 4.92 Å². The highest BCUT2D eigenvalue weighted by Crippen LogP contribution is 2.52. The van der Waals surface area contributed by atoms with Crippen molar-refractivity contribution in [2.24, 2.45) is 0 Å². The zero-order valence-electron chi connectivity index (χ0n) is 13.1. The van der Waals surface area contributed by atoms with Crippen LogP contribution in [0.2, 0.25) is 0 Å². The maximum absolute atomic E-state index is 11.7. The third kappa shape index (κ3) is 1.42. The topological polar surface area (TPSA) is 43.1 Å². The molecule has 1 aliphatic rings. The van der Waals surface area contributed by atoms with Crippen LogP contribution >= 0.6 is 0 Å². The maximum atomic E-state index is 11.7. The van der Waals surface area contributed by atoms with E-state index in [-0.39, 0.29) is 10.6 Å². The van der Waals surface area contributed by atoms with Crippen LogP contribution in [0, 0.1) is 10.1 Å². The normalized spacial score (nSPS) is 12.3. The Morgan fingerprint density at radius 2 is 1.36 bits per heavy atom. The van der Waals surface area contributed by atoms with Crippen molar-refractivity contribution in [1.29, 1.82) is 0 Å². The summed E-state index contributed by atoms with van der Waals surface area (Å²) in [4.78, 5) is 11.4. The molecule has 0 spiro atoms. The Bertz CT molecular complexity index is 1370. The largest absolute Gasteiger partial charge is 0.277 e. The summed E-state index contributed by atoms with van der Waals surface area (Å²) in [6.07, 6.45) is 0. The molecule has 116 valence electrons. The average molecular weight is 321 g/mol. The number of nitro benzene ring substituents is 1. The SMILES string of the molecule is O=[N+]([O-])c1cc2cccc3cc4c5c(ccc1c5c23)-c1ccccc1-4. The number of non-ortho nitro benzene ring substituents is 1. The minimum Gasteiger partial charge on any atom is -0.258 e. The number of fused-ring (bicyclic) bond motifs is 3. The summed E-state index contributed by atoms with van der Waals surface area (Å²) >= 11 is 0. The van der Waals surface area contributed by atoms with Crippen molar-refractivity contribution in [3.05, 3.63) is 76.8 Å². The predicted octanol–water partition coefficient (Wildman–Crippen LogP) is 6.14. The summed E-state index contributed by atoms with van der Waals surface area (Å²) in [6, 6.07) is 22.3. The van der Waals surface area contributed by atoms with Crippen molar-refractivity contribution in [1.82, 2.24) is 0 Å². The van der Waals surface area contributed by atoms with Gasteiger partial charge in [-0.3, -0.25) is 10.1 Å². The first-order chi connectivity index (χ1) is 12.2. The van der Waals surface area contributed by atoms with Gasteiger partial charge in [-0.05, 0) is 55.9 Å². The van der Waals surface area contributed by atoms with Gasteiger partial charge in [-0.15, -0.1) is 0 Å². The van der Waals surface area contributed by atoms with E-state index in [0.717, 1.165) is 32.3 Å². The van der Waals surface area contributed by atoms with E-state index in [0.29, 0.717) is 0 Å². The summed E-state index contributed by atoms with van der Waals surface area (Å²) in [6.45, 7) is 0. The standard InChI is InChI=1S/C22H11NO2/c24-23(25)19-11-13-5-3-4-12-10-18-15-7-2-1-6-14(15)16-8-9-17(19)22(20(12)13)21(16)18/h1-11H.